The fourth-order valence-corrected chi connectivity index (χ4v) is 7.38. The van der Waals surface area contributed by atoms with E-state index in [4.69, 9.17) is 4.74 Å². The summed E-state index contributed by atoms with van der Waals surface area (Å²) in [4.78, 5) is 16.9. The number of hydrogen-bond acceptors (Lipinski definition) is 6. The molecule has 2 aromatic rings. The van der Waals surface area contributed by atoms with Gasteiger partial charge in [0.25, 0.3) is 5.91 Å². The minimum Gasteiger partial charge on any atom is -0.504 e. The summed E-state index contributed by atoms with van der Waals surface area (Å²) in [7, 11) is 3.63. The van der Waals surface area contributed by atoms with Crippen molar-refractivity contribution in [3.63, 3.8) is 0 Å². The maximum atomic E-state index is 13.2. The van der Waals surface area contributed by atoms with Crippen LogP contribution in [0, 0.1) is 30.1 Å². The number of aryl methyl sites for hydroxylation is 1. The summed E-state index contributed by atoms with van der Waals surface area (Å²) in [6.45, 7) is 1.98. The van der Waals surface area contributed by atoms with E-state index < -0.39 is 23.2 Å². The van der Waals surface area contributed by atoms with Gasteiger partial charge in [0.2, 0.25) is 0 Å². The van der Waals surface area contributed by atoms with Gasteiger partial charge in [-0.1, -0.05) is 24.1 Å². The Labute approximate surface area is 210 Å². The molecule has 2 heterocycles. The van der Waals surface area contributed by atoms with Gasteiger partial charge in [0.15, 0.2) is 11.5 Å². The molecule has 1 spiro atoms. The number of ether oxygens (including phenoxy) is 1. The van der Waals surface area contributed by atoms with Crippen LogP contribution in [-0.2, 0) is 16.6 Å². The van der Waals surface area contributed by atoms with Crippen LogP contribution in [0.25, 0.3) is 0 Å². The maximum Gasteiger partial charge on any atom is 0.298 e. The Hall–Kier alpha value is -3.52. The average Bonchev–Trinajstić information content (AvgIpc) is 3.21. The average molecular weight is 484 g/mol. The normalized spacial score (nSPS) is 33.4. The molecular formula is C29H29N3O4. The SMILES string of the molecule is Cc1cccc(C#CC(=O)N(C)[C@@H]2CC[C@@]3(O)[C@H]4Cc5ccc(O)c6c5[C@@]3(CC(C#N)N4C)[C@H]2O6)c1. The first-order valence-electron chi connectivity index (χ1n) is 12.4. The van der Waals surface area contributed by atoms with Crippen molar-refractivity contribution in [1.82, 2.24) is 9.80 Å². The molecule has 4 aliphatic rings. The van der Waals surface area contributed by atoms with Crippen molar-refractivity contribution in [1.29, 1.82) is 5.26 Å². The third-order valence-corrected chi connectivity index (χ3v) is 9.10. The number of rotatable bonds is 1. The fourth-order valence-electron chi connectivity index (χ4n) is 7.38. The van der Waals surface area contributed by atoms with E-state index in [1.807, 2.05) is 49.2 Å². The molecule has 2 fully saturated rings. The summed E-state index contributed by atoms with van der Waals surface area (Å²) >= 11 is 0. The number of carbonyl (C=O) groups is 1. The second-order valence-corrected chi connectivity index (χ2v) is 10.8. The minimum absolute atomic E-state index is 0.0257. The van der Waals surface area contributed by atoms with Crippen molar-refractivity contribution in [3.05, 3.63) is 58.7 Å². The third-order valence-electron chi connectivity index (χ3n) is 9.10. The zero-order valence-corrected chi connectivity index (χ0v) is 20.7. The third kappa shape index (κ3) is 2.85. The Balaban J connectivity index is 1.43. The van der Waals surface area contributed by atoms with Crippen LogP contribution >= 0.6 is 0 Å². The van der Waals surface area contributed by atoms with Crippen LogP contribution < -0.4 is 4.74 Å². The number of likely N-dealkylation sites (tertiary alicyclic amines) is 1. The lowest BCUT2D eigenvalue weighted by Gasteiger charge is -2.65. The highest BCUT2D eigenvalue weighted by Crippen LogP contribution is 2.66. The van der Waals surface area contributed by atoms with Crippen LogP contribution in [0.4, 0.5) is 0 Å². The molecule has 2 bridgehead atoms. The van der Waals surface area contributed by atoms with Gasteiger partial charge < -0.3 is 19.8 Å². The number of carbonyl (C=O) groups excluding carboxylic acids is 1. The molecule has 184 valence electrons. The molecule has 7 heteroatoms. The molecular weight excluding hydrogens is 454 g/mol. The molecule has 2 aromatic carbocycles. The Morgan fingerprint density at radius 2 is 2.11 bits per heavy atom. The summed E-state index contributed by atoms with van der Waals surface area (Å²) in [6, 6.07) is 12.6. The van der Waals surface area contributed by atoms with Crippen molar-refractivity contribution < 1.29 is 19.7 Å². The van der Waals surface area contributed by atoms with Crippen molar-refractivity contribution >= 4 is 5.91 Å². The number of phenolic OH excluding ortho intramolecular Hbond substituents is 1. The predicted octanol–water partition coefficient (Wildman–Crippen LogP) is 2.26. The molecule has 1 saturated carbocycles. The van der Waals surface area contributed by atoms with Crippen LogP contribution in [0.3, 0.4) is 0 Å². The van der Waals surface area contributed by atoms with E-state index in [1.165, 1.54) is 0 Å². The number of hydrogen-bond donors (Lipinski definition) is 2. The Bertz CT molecular complexity index is 1390. The van der Waals surface area contributed by atoms with Crippen molar-refractivity contribution in [2.45, 2.75) is 67.9 Å². The molecule has 0 radical (unpaired) electrons. The Morgan fingerprint density at radius 1 is 1.31 bits per heavy atom. The highest BCUT2D eigenvalue weighted by molar-refractivity contribution is 5.94. The van der Waals surface area contributed by atoms with Gasteiger partial charge in [-0.05, 0) is 69.0 Å². The number of aliphatic hydroxyl groups is 1. The van der Waals surface area contributed by atoms with Crippen LogP contribution in [0.2, 0.25) is 0 Å². The predicted molar refractivity (Wildman–Crippen MR) is 132 cm³/mol. The summed E-state index contributed by atoms with van der Waals surface area (Å²) < 4.78 is 6.49. The molecule has 6 atom stereocenters. The first-order chi connectivity index (χ1) is 17.2. The van der Waals surface area contributed by atoms with E-state index in [1.54, 1.807) is 18.0 Å². The molecule has 6 rings (SSSR count). The number of piperidine rings is 1. The van der Waals surface area contributed by atoms with Gasteiger partial charge in [-0.25, -0.2) is 0 Å². The molecule has 2 aliphatic heterocycles. The monoisotopic (exact) mass is 483 g/mol. The topological polar surface area (TPSA) is 97.0 Å². The van der Waals surface area contributed by atoms with Crippen LogP contribution in [0.15, 0.2) is 36.4 Å². The van der Waals surface area contributed by atoms with E-state index in [0.717, 1.165) is 22.3 Å². The van der Waals surface area contributed by atoms with Crippen molar-refractivity contribution in [2.24, 2.45) is 0 Å². The lowest BCUT2D eigenvalue weighted by molar-refractivity contribution is -0.202. The lowest BCUT2D eigenvalue weighted by Crippen LogP contribution is -2.79. The van der Waals surface area contributed by atoms with E-state index in [2.05, 4.69) is 17.9 Å². The van der Waals surface area contributed by atoms with Gasteiger partial charge in [-0.15, -0.1) is 0 Å². The van der Waals surface area contributed by atoms with Crippen LogP contribution in [0.5, 0.6) is 11.5 Å². The maximum absolute atomic E-state index is 13.2. The Kier molecular flexibility index (Phi) is 4.92. The first kappa shape index (κ1) is 22.9. The molecule has 7 nitrogen and oxygen atoms in total. The molecule has 2 N–H and O–H groups in total. The van der Waals surface area contributed by atoms with E-state index in [0.29, 0.717) is 31.4 Å². The molecule has 1 saturated heterocycles. The van der Waals surface area contributed by atoms with Gasteiger partial charge >= 0.3 is 0 Å². The molecule has 1 unspecified atom stereocenters. The first-order valence-corrected chi connectivity index (χ1v) is 12.4. The highest BCUT2D eigenvalue weighted by atomic mass is 16.5. The smallest absolute Gasteiger partial charge is 0.298 e. The zero-order chi connectivity index (χ0) is 25.4. The molecule has 0 aromatic heterocycles. The summed E-state index contributed by atoms with van der Waals surface area (Å²) in [5, 5.41) is 33.1. The Morgan fingerprint density at radius 3 is 2.86 bits per heavy atom. The summed E-state index contributed by atoms with van der Waals surface area (Å²) in [6.07, 6.45) is 1.34. The van der Waals surface area contributed by atoms with Crippen LogP contribution in [0.1, 0.15) is 41.5 Å². The number of amides is 1. The minimum atomic E-state index is -1.14. The standard InChI is InChI=1S/C29H29N3O4/c1-17-5-4-6-18(13-17)7-10-24(34)32(3)21-11-12-29(35)23-14-19-8-9-22(33)26-25(19)28(29,27(21)36-26)15-20(16-30)31(23)2/h4-6,8-9,13,20-21,23,27,33,35H,11-12,14-15H2,1-3H3/t20?,21-,23-,27+,28+,29-/m1/s1. The number of phenols is 1. The lowest BCUT2D eigenvalue weighted by atomic mass is 9.47. The number of likely N-dealkylation sites (N-methyl/N-ethyl adjacent to an activating group) is 2. The molecule has 1 amide bonds. The summed E-state index contributed by atoms with van der Waals surface area (Å²) in [5.41, 5.74) is 1.65. The molecule has 36 heavy (non-hydrogen) atoms. The van der Waals surface area contributed by atoms with Gasteiger partial charge in [0.05, 0.1) is 29.2 Å². The van der Waals surface area contributed by atoms with Crippen molar-refractivity contribution in [2.75, 3.05) is 14.1 Å². The second kappa shape index (κ2) is 7.74. The highest BCUT2D eigenvalue weighted by Gasteiger charge is 2.74. The largest absolute Gasteiger partial charge is 0.504 e. The van der Waals surface area contributed by atoms with E-state index in [9.17, 15) is 20.3 Å². The zero-order valence-electron chi connectivity index (χ0n) is 20.7. The summed E-state index contributed by atoms with van der Waals surface area (Å²) in [5.74, 6) is 5.82. The molecule has 2 aliphatic carbocycles. The number of nitrogens with zero attached hydrogens (tertiary/aromatic N) is 3. The van der Waals surface area contributed by atoms with Crippen LogP contribution in [-0.4, -0.2) is 69.8 Å². The number of benzene rings is 2. The van der Waals surface area contributed by atoms with Crippen molar-refractivity contribution in [3.8, 4) is 29.4 Å². The number of nitriles is 1. The van der Waals surface area contributed by atoms with Gasteiger partial charge in [0.1, 0.15) is 6.10 Å². The van der Waals surface area contributed by atoms with Gasteiger partial charge in [-0.3, -0.25) is 9.69 Å². The van der Waals surface area contributed by atoms with E-state index >= 15 is 0 Å². The fraction of sp³-hybridized carbons (Fsp3) is 0.448. The van der Waals surface area contributed by atoms with E-state index in [-0.39, 0.29) is 23.7 Å². The quantitative estimate of drug-likeness (QED) is 0.604. The second-order valence-electron chi connectivity index (χ2n) is 10.8. The number of aromatic hydroxyl groups is 1. The van der Waals surface area contributed by atoms with Gasteiger partial charge in [-0.2, -0.15) is 5.26 Å². The van der Waals surface area contributed by atoms with Gasteiger partial charge in [0, 0.05) is 30.1 Å².